The van der Waals surface area contributed by atoms with Crippen LogP contribution in [0.25, 0.3) is 10.8 Å². The lowest BCUT2D eigenvalue weighted by atomic mass is 10.0. The van der Waals surface area contributed by atoms with Gasteiger partial charge in [-0.05, 0) is 16.8 Å². The van der Waals surface area contributed by atoms with E-state index >= 15 is 0 Å². The van der Waals surface area contributed by atoms with Gasteiger partial charge >= 0.3 is 0 Å². The monoisotopic (exact) mass is 231 g/mol. The van der Waals surface area contributed by atoms with Gasteiger partial charge in [-0.1, -0.05) is 30.3 Å². The Morgan fingerprint density at radius 2 is 2.06 bits per heavy atom. The third kappa shape index (κ3) is 1.56. The molecule has 3 heteroatoms. The second kappa shape index (κ2) is 4.00. The lowest BCUT2D eigenvalue weighted by Gasteiger charge is -2.14. The van der Waals surface area contributed by atoms with Crippen LogP contribution in [0.5, 0.6) is 5.75 Å². The molecule has 0 radical (unpaired) electrons. The number of nitrogens with one attached hydrogen (secondary N) is 1. The van der Waals surface area contributed by atoms with Crippen molar-refractivity contribution in [2.45, 2.75) is 5.37 Å². The molecular formula is C13H13NOS. The zero-order valence-electron chi connectivity index (χ0n) is 8.81. The molecule has 0 aromatic heterocycles. The normalized spacial score (nSPS) is 20.4. The van der Waals surface area contributed by atoms with Crippen molar-refractivity contribution in [2.75, 3.05) is 12.3 Å². The van der Waals surface area contributed by atoms with Gasteiger partial charge in [0.25, 0.3) is 0 Å². The fourth-order valence-corrected chi connectivity index (χ4v) is 3.29. The molecule has 1 unspecified atom stereocenters. The highest BCUT2D eigenvalue weighted by Gasteiger charge is 2.21. The first kappa shape index (κ1) is 10.00. The van der Waals surface area contributed by atoms with E-state index in [-0.39, 0.29) is 5.37 Å². The number of thioether (sulfide) groups is 1. The van der Waals surface area contributed by atoms with Gasteiger partial charge in [-0.2, -0.15) is 0 Å². The van der Waals surface area contributed by atoms with Gasteiger partial charge in [0.05, 0.1) is 5.37 Å². The summed E-state index contributed by atoms with van der Waals surface area (Å²) >= 11 is 1.85. The Morgan fingerprint density at radius 1 is 1.19 bits per heavy atom. The molecule has 0 saturated carbocycles. The van der Waals surface area contributed by atoms with Crippen molar-refractivity contribution in [3.8, 4) is 5.75 Å². The Balaban J connectivity index is 2.23. The topological polar surface area (TPSA) is 32.3 Å². The highest BCUT2D eigenvalue weighted by atomic mass is 32.2. The summed E-state index contributed by atoms with van der Waals surface area (Å²) in [6.45, 7) is 1.01. The molecule has 1 fully saturated rings. The van der Waals surface area contributed by atoms with Gasteiger partial charge < -0.3 is 10.4 Å². The minimum Gasteiger partial charge on any atom is -0.508 e. The van der Waals surface area contributed by atoms with E-state index in [1.54, 1.807) is 6.07 Å². The number of phenols is 1. The van der Waals surface area contributed by atoms with Crippen LogP contribution in [0, 0.1) is 0 Å². The maximum atomic E-state index is 10.0. The minimum atomic E-state index is 0.228. The first-order valence-corrected chi connectivity index (χ1v) is 6.47. The number of hydrogen-bond acceptors (Lipinski definition) is 3. The van der Waals surface area contributed by atoms with E-state index in [2.05, 4.69) is 17.4 Å². The molecule has 2 nitrogen and oxygen atoms in total. The van der Waals surface area contributed by atoms with Gasteiger partial charge in [-0.3, -0.25) is 0 Å². The van der Waals surface area contributed by atoms with Crippen molar-refractivity contribution in [3.05, 3.63) is 42.0 Å². The van der Waals surface area contributed by atoms with Crippen LogP contribution in [-0.2, 0) is 0 Å². The molecule has 2 aromatic carbocycles. The van der Waals surface area contributed by atoms with Gasteiger partial charge in [0.1, 0.15) is 5.75 Å². The third-order valence-corrected chi connectivity index (χ3v) is 4.10. The molecule has 0 amide bonds. The molecule has 0 spiro atoms. The van der Waals surface area contributed by atoms with Crippen LogP contribution < -0.4 is 5.32 Å². The van der Waals surface area contributed by atoms with Gasteiger partial charge in [0, 0.05) is 17.9 Å². The highest BCUT2D eigenvalue weighted by molar-refractivity contribution is 7.99. The minimum absolute atomic E-state index is 0.228. The number of benzene rings is 2. The summed E-state index contributed by atoms with van der Waals surface area (Å²) in [5.74, 6) is 1.50. The van der Waals surface area contributed by atoms with Crippen LogP contribution in [0.2, 0.25) is 0 Å². The molecule has 1 aliphatic heterocycles. The fraction of sp³-hybridized carbons (Fsp3) is 0.231. The van der Waals surface area contributed by atoms with Crippen molar-refractivity contribution in [1.82, 2.24) is 5.32 Å². The van der Waals surface area contributed by atoms with E-state index in [0.717, 1.165) is 23.2 Å². The predicted molar refractivity (Wildman–Crippen MR) is 68.8 cm³/mol. The quantitative estimate of drug-likeness (QED) is 0.791. The van der Waals surface area contributed by atoms with Crippen LogP contribution in [-0.4, -0.2) is 17.4 Å². The van der Waals surface area contributed by atoms with Gasteiger partial charge in [-0.15, -0.1) is 11.8 Å². The zero-order chi connectivity index (χ0) is 11.0. The Hall–Kier alpha value is -1.19. The Labute approximate surface area is 98.7 Å². The number of rotatable bonds is 1. The second-order valence-electron chi connectivity index (χ2n) is 3.92. The SMILES string of the molecule is Oc1ccc2ccccc2c1C1NCCS1. The van der Waals surface area contributed by atoms with Crippen molar-refractivity contribution in [2.24, 2.45) is 0 Å². The molecule has 2 aromatic rings. The average Bonchev–Trinajstić information content (AvgIpc) is 2.82. The van der Waals surface area contributed by atoms with Crippen LogP contribution in [0.3, 0.4) is 0 Å². The molecule has 1 saturated heterocycles. The first-order valence-electron chi connectivity index (χ1n) is 5.42. The summed E-state index contributed by atoms with van der Waals surface area (Å²) in [6, 6.07) is 12.0. The van der Waals surface area contributed by atoms with Crippen LogP contribution in [0.15, 0.2) is 36.4 Å². The van der Waals surface area contributed by atoms with Crippen LogP contribution in [0.1, 0.15) is 10.9 Å². The van der Waals surface area contributed by atoms with Gasteiger partial charge in [0.2, 0.25) is 0 Å². The molecule has 1 heterocycles. The first-order chi connectivity index (χ1) is 7.86. The molecular weight excluding hydrogens is 218 g/mol. The van der Waals surface area contributed by atoms with Crippen molar-refractivity contribution in [3.63, 3.8) is 0 Å². The molecule has 0 aliphatic carbocycles. The average molecular weight is 231 g/mol. The van der Waals surface area contributed by atoms with E-state index in [0.29, 0.717) is 5.75 Å². The van der Waals surface area contributed by atoms with Crippen molar-refractivity contribution >= 4 is 22.5 Å². The lowest BCUT2D eigenvalue weighted by molar-refractivity contribution is 0.466. The maximum Gasteiger partial charge on any atom is 0.121 e. The number of phenolic OH excluding ortho intramolecular Hbond substituents is 1. The van der Waals surface area contributed by atoms with E-state index in [4.69, 9.17) is 0 Å². The van der Waals surface area contributed by atoms with Gasteiger partial charge in [-0.25, -0.2) is 0 Å². The smallest absolute Gasteiger partial charge is 0.121 e. The molecule has 3 rings (SSSR count). The number of aromatic hydroxyl groups is 1. The number of hydrogen-bond donors (Lipinski definition) is 2. The van der Waals surface area contributed by atoms with E-state index in [9.17, 15) is 5.11 Å². The molecule has 2 N–H and O–H groups in total. The maximum absolute atomic E-state index is 10.0. The summed E-state index contributed by atoms with van der Waals surface area (Å²) in [6.07, 6.45) is 0. The summed E-state index contributed by atoms with van der Waals surface area (Å²) < 4.78 is 0. The van der Waals surface area contributed by atoms with Crippen molar-refractivity contribution < 1.29 is 5.11 Å². The second-order valence-corrected chi connectivity index (χ2v) is 5.14. The van der Waals surface area contributed by atoms with E-state index in [1.165, 1.54) is 5.39 Å². The zero-order valence-corrected chi connectivity index (χ0v) is 9.63. The third-order valence-electron chi connectivity index (χ3n) is 2.93. The van der Waals surface area contributed by atoms with Crippen LogP contribution >= 0.6 is 11.8 Å². The summed E-state index contributed by atoms with van der Waals surface area (Å²) in [5, 5.41) is 16.0. The molecule has 16 heavy (non-hydrogen) atoms. The fourth-order valence-electron chi connectivity index (χ4n) is 2.17. The summed E-state index contributed by atoms with van der Waals surface area (Å²) in [7, 11) is 0. The van der Waals surface area contributed by atoms with E-state index < -0.39 is 0 Å². The molecule has 1 atom stereocenters. The summed E-state index contributed by atoms with van der Waals surface area (Å²) in [5.41, 5.74) is 1.03. The molecule has 1 aliphatic rings. The summed E-state index contributed by atoms with van der Waals surface area (Å²) in [4.78, 5) is 0. The number of fused-ring (bicyclic) bond motifs is 1. The molecule has 82 valence electrons. The van der Waals surface area contributed by atoms with E-state index in [1.807, 2.05) is 30.0 Å². The Morgan fingerprint density at radius 3 is 2.88 bits per heavy atom. The largest absolute Gasteiger partial charge is 0.508 e. The predicted octanol–water partition coefficient (Wildman–Crippen LogP) is 2.88. The van der Waals surface area contributed by atoms with Crippen molar-refractivity contribution in [1.29, 1.82) is 0 Å². The molecule has 0 bridgehead atoms. The Kier molecular flexibility index (Phi) is 2.50. The Bertz CT molecular complexity index is 520. The van der Waals surface area contributed by atoms with Gasteiger partial charge in [0.15, 0.2) is 0 Å². The van der Waals surface area contributed by atoms with Crippen LogP contribution in [0.4, 0.5) is 0 Å². The lowest BCUT2D eigenvalue weighted by Crippen LogP contribution is -2.12. The standard InChI is InChI=1S/C13H13NOS/c15-11-6-5-9-3-1-2-4-10(9)12(11)13-14-7-8-16-13/h1-6,13-15H,7-8H2. The highest BCUT2D eigenvalue weighted by Crippen LogP contribution is 2.39.